The number of carbonyl (C=O) groups excluding carboxylic acids is 2. The second kappa shape index (κ2) is 9.37. The van der Waals surface area contributed by atoms with Gasteiger partial charge in [0.15, 0.2) is 0 Å². The normalized spacial score (nSPS) is 15.7. The number of carbonyl (C=O) groups is 2. The van der Waals surface area contributed by atoms with Gasteiger partial charge in [-0.25, -0.2) is 4.79 Å². The van der Waals surface area contributed by atoms with Gasteiger partial charge in [0.2, 0.25) is 0 Å². The lowest BCUT2D eigenvalue weighted by Crippen LogP contribution is -2.38. The number of nitrogens with one attached hydrogen (secondary N) is 2. The lowest BCUT2D eigenvalue weighted by atomic mass is 9.98. The molecule has 0 radical (unpaired) electrons. The maximum atomic E-state index is 12.7. The largest absolute Gasteiger partial charge is 0.394 e. The Morgan fingerprint density at radius 2 is 1.82 bits per heavy atom. The van der Waals surface area contributed by atoms with Crippen molar-refractivity contribution in [1.82, 2.24) is 10.2 Å². The van der Waals surface area contributed by atoms with E-state index in [1.165, 1.54) is 0 Å². The fraction of sp³-hybridized carbons (Fsp3) is 0.364. The number of urea groups is 1. The van der Waals surface area contributed by atoms with Crippen LogP contribution in [0.5, 0.6) is 0 Å². The van der Waals surface area contributed by atoms with Crippen molar-refractivity contribution in [2.45, 2.75) is 25.8 Å². The van der Waals surface area contributed by atoms with E-state index in [4.69, 9.17) is 0 Å². The summed E-state index contributed by atoms with van der Waals surface area (Å²) in [7, 11) is 0. The number of hydrogen-bond acceptors (Lipinski definition) is 3. The molecule has 0 spiro atoms. The maximum Gasteiger partial charge on any atom is 0.319 e. The van der Waals surface area contributed by atoms with Crippen molar-refractivity contribution in [3.05, 3.63) is 65.7 Å². The van der Waals surface area contributed by atoms with Crippen molar-refractivity contribution >= 4 is 17.6 Å². The van der Waals surface area contributed by atoms with Gasteiger partial charge in [-0.15, -0.1) is 0 Å². The molecule has 2 aromatic carbocycles. The quantitative estimate of drug-likeness (QED) is 0.742. The van der Waals surface area contributed by atoms with Crippen LogP contribution in [0.25, 0.3) is 0 Å². The highest BCUT2D eigenvalue weighted by Gasteiger charge is 2.21. The third kappa shape index (κ3) is 5.10. The number of anilines is 1. The van der Waals surface area contributed by atoms with Crippen LogP contribution in [0.1, 0.15) is 41.7 Å². The topological polar surface area (TPSA) is 81.7 Å². The molecule has 1 aliphatic rings. The fourth-order valence-electron chi connectivity index (χ4n) is 3.37. The van der Waals surface area contributed by atoms with Crippen LogP contribution >= 0.6 is 0 Å². The van der Waals surface area contributed by atoms with Gasteiger partial charge in [-0.1, -0.05) is 43.3 Å². The van der Waals surface area contributed by atoms with E-state index in [9.17, 15) is 14.7 Å². The molecule has 1 heterocycles. The van der Waals surface area contributed by atoms with Gasteiger partial charge in [-0.2, -0.15) is 0 Å². The highest BCUT2D eigenvalue weighted by molar-refractivity contribution is 5.97. The average Bonchev–Trinajstić information content (AvgIpc) is 2.73. The van der Waals surface area contributed by atoms with E-state index in [1.54, 1.807) is 24.3 Å². The highest BCUT2D eigenvalue weighted by Crippen LogP contribution is 2.20. The second-order valence-corrected chi connectivity index (χ2v) is 7.30. The number of amides is 3. The zero-order valence-corrected chi connectivity index (χ0v) is 16.1. The van der Waals surface area contributed by atoms with Gasteiger partial charge < -0.3 is 20.6 Å². The van der Waals surface area contributed by atoms with Crippen LogP contribution in [-0.4, -0.2) is 41.6 Å². The molecular formula is C22H27N3O3. The van der Waals surface area contributed by atoms with Gasteiger partial charge >= 0.3 is 6.03 Å². The van der Waals surface area contributed by atoms with Crippen molar-refractivity contribution < 1.29 is 14.7 Å². The standard InChI is InChI=1S/C22H27N3O3/c1-16-10-12-25(13-11-16)21(27)18-8-5-9-19(14-18)23-22(28)24-20(15-26)17-6-3-2-4-7-17/h2-9,14,16,20,26H,10-13,15H2,1H3,(H2,23,24,28)/t20-/m0/s1. The molecule has 1 saturated heterocycles. The molecule has 3 N–H and O–H groups in total. The van der Waals surface area contributed by atoms with E-state index < -0.39 is 12.1 Å². The van der Waals surface area contributed by atoms with Crippen LogP contribution in [0.3, 0.4) is 0 Å². The summed E-state index contributed by atoms with van der Waals surface area (Å²) in [6, 6.07) is 15.3. The molecule has 0 aromatic heterocycles. The zero-order valence-electron chi connectivity index (χ0n) is 16.1. The number of piperidine rings is 1. The third-order valence-electron chi connectivity index (χ3n) is 5.13. The summed E-state index contributed by atoms with van der Waals surface area (Å²) in [5.41, 5.74) is 1.93. The predicted octanol–water partition coefficient (Wildman–Crippen LogP) is 3.41. The number of rotatable bonds is 5. The minimum absolute atomic E-state index is 0.00604. The predicted molar refractivity (Wildman–Crippen MR) is 109 cm³/mol. The van der Waals surface area contributed by atoms with Crippen LogP contribution in [0, 0.1) is 5.92 Å². The molecule has 1 aliphatic heterocycles. The van der Waals surface area contributed by atoms with Gasteiger partial charge in [0, 0.05) is 24.3 Å². The number of nitrogens with zero attached hydrogens (tertiary/aromatic N) is 1. The Balaban J connectivity index is 1.62. The zero-order chi connectivity index (χ0) is 19.9. The second-order valence-electron chi connectivity index (χ2n) is 7.30. The summed E-state index contributed by atoms with van der Waals surface area (Å²) < 4.78 is 0. The molecule has 0 bridgehead atoms. The molecule has 2 aromatic rings. The first-order valence-electron chi connectivity index (χ1n) is 9.69. The van der Waals surface area contributed by atoms with Crippen LogP contribution in [0.4, 0.5) is 10.5 Å². The number of aliphatic hydroxyl groups is 1. The van der Waals surface area contributed by atoms with E-state index in [-0.39, 0.29) is 12.5 Å². The first kappa shape index (κ1) is 19.9. The summed E-state index contributed by atoms with van der Waals surface area (Å²) in [4.78, 5) is 26.9. The van der Waals surface area contributed by atoms with E-state index in [0.717, 1.165) is 31.5 Å². The molecule has 6 nitrogen and oxygen atoms in total. The smallest absolute Gasteiger partial charge is 0.319 e. The van der Waals surface area contributed by atoms with Gasteiger partial charge in [-0.3, -0.25) is 4.79 Å². The molecule has 0 unspecified atom stereocenters. The first-order chi connectivity index (χ1) is 13.6. The minimum Gasteiger partial charge on any atom is -0.394 e. The van der Waals surface area contributed by atoms with Gasteiger partial charge in [0.1, 0.15) is 0 Å². The minimum atomic E-state index is -0.499. The SMILES string of the molecule is CC1CCN(C(=O)c2cccc(NC(=O)N[C@@H](CO)c3ccccc3)c2)CC1. The Bertz CT molecular complexity index is 802. The maximum absolute atomic E-state index is 12.7. The fourth-order valence-corrected chi connectivity index (χ4v) is 3.37. The molecule has 1 atom stereocenters. The highest BCUT2D eigenvalue weighted by atomic mass is 16.3. The summed E-state index contributed by atoms with van der Waals surface area (Å²) >= 11 is 0. The lowest BCUT2D eigenvalue weighted by molar-refractivity contribution is 0.0697. The first-order valence-corrected chi connectivity index (χ1v) is 9.69. The molecule has 28 heavy (non-hydrogen) atoms. The molecule has 6 heteroatoms. The number of hydrogen-bond donors (Lipinski definition) is 3. The molecule has 3 amide bonds. The molecular weight excluding hydrogens is 354 g/mol. The van der Waals surface area contributed by atoms with Crippen molar-refractivity contribution in [3.8, 4) is 0 Å². The Kier molecular flexibility index (Phi) is 6.66. The summed E-state index contributed by atoms with van der Waals surface area (Å²) in [6.45, 7) is 3.55. The molecule has 1 fully saturated rings. The molecule has 0 saturated carbocycles. The van der Waals surface area contributed by atoms with Gasteiger partial charge in [0.25, 0.3) is 5.91 Å². The van der Waals surface area contributed by atoms with Gasteiger partial charge in [-0.05, 0) is 42.5 Å². The van der Waals surface area contributed by atoms with Crippen molar-refractivity contribution in [3.63, 3.8) is 0 Å². The summed E-state index contributed by atoms with van der Waals surface area (Å²) in [5, 5.41) is 15.1. The van der Waals surface area contributed by atoms with Crippen molar-refractivity contribution in [2.75, 3.05) is 25.0 Å². The third-order valence-corrected chi connectivity index (χ3v) is 5.13. The molecule has 3 rings (SSSR count). The summed E-state index contributed by atoms with van der Waals surface area (Å²) in [6.07, 6.45) is 2.04. The molecule has 0 aliphatic carbocycles. The summed E-state index contributed by atoms with van der Waals surface area (Å²) in [5.74, 6) is 0.651. The Labute approximate surface area is 165 Å². The van der Waals surface area contributed by atoms with Crippen LogP contribution in [0.15, 0.2) is 54.6 Å². The van der Waals surface area contributed by atoms with Crippen LogP contribution < -0.4 is 10.6 Å². The number of aliphatic hydroxyl groups excluding tert-OH is 1. The monoisotopic (exact) mass is 381 g/mol. The average molecular weight is 381 g/mol. The van der Waals surface area contributed by atoms with Gasteiger partial charge in [0.05, 0.1) is 12.6 Å². The van der Waals surface area contributed by atoms with E-state index in [0.29, 0.717) is 17.2 Å². The Morgan fingerprint density at radius 3 is 2.50 bits per heavy atom. The Morgan fingerprint density at radius 1 is 1.11 bits per heavy atom. The van der Waals surface area contributed by atoms with E-state index in [1.807, 2.05) is 35.2 Å². The van der Waals surface area contributed by atoms with Crippen molar-refractivity contribution in [2.24, 2.45) is 5.92 Å². The Hall–Kier alpha value is -2.86. The van der Waals surface area contributed by atoms with Crippen molar-refractivity contribution in [1.29, 1.82) is 0 Å². The van der Waals surface area contributed by atoms with E-state index in [2.05, 4.69) is 17.6 Å². The lowest BCUT2D eigenvalue weighted by Gasteiger charge is -2.30. The molecule has 148 valence electrons. The van der Waals surface area contributed by atoms with E-state index >= 15 is 0 Å². The van der Waals surface area contributed by atoms with Crippen LogP contribution in [-0.2, 0) is 0 Å². The van der Waals surface area contributed by atoms with Crippen LogP contribution in [0.2, 0.25) is 0 Å². The number of benzene rings is 2. The number of likely N-dealkylation sites (tertiary alicyclic amines) is 1.